The van der Waals surface area contributed by atoms with E-state index in [0.717, 1.165) is 27.1 Å². The minimum atomic E-state index is 0.675. The van der Waals surface area contributed by atoms with Gasteiger partial charge in [-0.3, -0.25) is 0 Å². The topological polar surface area (TPSA) is 33.0 Å². The van der Waals surface area contributed by atoms with Gasteiger partial charge in [-0.25, -0.2) is 0 Å². The number of rotatable bonds is 2. The van der Waals surface area contributed by atoms with E-state index in [1.54, 1.807) is 6.07 Å². The largest absolute Gasteiger partial charge is 0.457 e. The predicted octanol–water partition coefficient (Wildman–Crippen LogP) is 4.73. The van der Waals surface area contributed by atoms with Gasteiger partial charge in [0.25, 0.3) is 0 Å². The first kappa shape index (κ1) is 12.7. The Morgan fingerprint density at radius 1 is 1.00 bits per heavy atom. The summed E-state index contributed by atoms with van der Waals surface area (Å²) < 4.78 is 6.83. The van der Waals surface area contributed by atoms with Crippen molar-refractivity contribution in [2.75, 3.05) is 0 Å². The number of aryl methyl sites for hydroxylation is 2. The van der Waals surface area contributed by atoms with E-state index in [9.17, 15) is 0 Å². The van der Waals surface area contributed by atoms with Gasteiger partial charge in [0.1, 0.15) is 11.5 Å². The maximum atomic E-state index is 8.87. The third kappa shape index (κ3) is 2.72. The molecule has 0 bridgehead atoms. The van der Waals surface area contributed by atoms with Crippen LogP contribution in [0.5, 0.6) is 11.5 Å². The Bertz CT molecular complexity index is 629. The van der Waals surface area contributed by atoms with Gasteiger partial charge in [-0.1, -0.05) is 15.9 Å². The zero-order valence-corrected chi connectivity index (χ0v) is 11.8. The number of ether oxygens (including phenoxy) is 1. The van der Waals surface area contributed by atoms with Crippen molar-refractivity contribution in [3.05, 3.63) is 57.6 Å². The van der Waals surface area contributed by atoms with E-state index in [1.165, 1.54) is 0 Å². The summed E-state index contributed by atoms with van der Waals surface area (Å²) in [5.74, 6) is 1.54. The fourth-order valence-electron chi connectivity index (χ4n) is 1.64. The molecule has 0 saturated heterocycles. The van der Waals surface area contributed by atoms with Crippen LogP contribution in [0.4, 0.5) is 0 Å². The maximum Gasteiger partial charge on any atom is 0.127 e. The smallest absolute Gasteiger partial charge is 0.127 e. The van der Waals surface area contributed by atoms with Crippen molar-refractivity contribution < 1.29 is 4.74 Å². The van der Waals surface area contributed by atoms with E-state index in [0.29, 0.717) is 5.56 Å². The monoisotopic (exact) mass is 301 g/mol. The Balaban J connectivity index is 2.26. The molecule has 0 aliphatic heterocycles. The lowest BCUT2D eigenvalue weighted by Gasteiger charge is -2.08. The van der Waals surface area contributed by atoms with Crippen molar-refractivity contribution in [3.63, 3.8) is 0 Å². The quantitative estimate of drug-likeness (QED) is 0.803. The van der Waals surface area contributed by atoms with Crippen LogP contribution in [0, 0.1) is 25.2 Å². The number of benzene rings is 2. The number of hydrogen-bond acceptors (Lipinski definition) is 2. The molecule has 0 fully saturated rings. The van der Waals surface area contributed by atoms with Gasteiger partial charge in [0.05, 0.1) is 11.6 Å². The highest BCUT2D eigenvalue weighted by Crippen LogP contribution is 2.27. The normalized spacial score (nSPS) is 9.89. The lowest BCUT2D eigenvalue weighted by molar-refractivity contribution is 0.481. The molecule has 0 N–H and O–H groups in total. The van der Waals surface area contributed by atoms with Gasteiger partial charge in [-0.05, 0) is 61.4 Å². The van der Waals surface area contributed by atoms with Crippen LogP contribution in [0.3, 0.4) is 0 Å². The molecule has 0 amide bonds. The zero-order chi connectivity index (χ0) is 13.1. The van der Waals surface area contributed by atoms with E-state index < -0.39 is 0 Å². The second-order valence-electron chi connectivity index (χ2n) is 4.10. The Morgan fingerprint density at radius 2 is 1.61 bits per heavy atom. The van der Waals surface area contributed by atoms with E-state index in [-0.39, 0.29) is 0 Å². The molecule has 2 aromatic carbocycles. The van der Waals surface area contributed by atoms with Gasteiger partial charge in [-0.2, -0.15) is 5.26 Å². The molecular formula is C15H12BrNO. The Morgan fingerprint density at radius 3 is 2.17 bits per heavy atom. The van der Waals surface area contributed by atoms with Crippen LogP contribution in [0.2, 0.25) is 0 Å². The summed E-state index contributed by atoms with van der Waals surface area (Å²) in [6.45, 7) is 3.92. The Hall–Kier alpha value is -1.79. The Labute approximate surface area is 115 Å². The summed E-state index contributed by atoms with van der Waals surface area (Å²) in [6.07, 6.45) is 0. The minimum absolute atomic E-state index is 0.675. The number of halogens is 1. The number of nitrogens with zero attached hydrogens (tertiary/aromatic N) is 1. The molecule has 3 heteroatoms. The van der Waals surface area contributed by atoms with Crippen LogP contribution in [-0.4, -0.2) is 0 Å². The molecule has 2 nitrogen and oxygen atoms in total. The summed E-state index contributed by atoms with van der Waals surface area (Å²) in [5, 5.41) is 8.87. The summed E-state index contributed by atoms with van der Waals surface area (Å²) in [6, 6.07) is 13.4. The zero-order valence-electron chi connectivity index (χ0n) is 10.2. The van der Waals surface area contributed by atoms with Crippen LogP contribution in [0.1, 0.15) is 16.7 Å². The molecule has 18 heavy (non-hydrogen) atoms. The first-order valence-corrected chi connectivity index (χ1v) is 6.34. The molecule has 0 heterocycles. The third-order valence-corrected chi connectivity index (χ3v) is 3.57. The van der Waals surface area contributed by atoms with Crippen molar-refractivity contribution in [1.29, 1.82) is 5.26 Å². The molecule has 0 saturated carbocycles. The molecule has 2 aromatic rings. The van der Waals surface area contributed by atoms with Crippen molar-refractivity contribution in [1.82, 2.24) is 0 Å². The first-order chi connectivity index (χ1) is 8.60. The van der Waals surface area contributed by atoms with E-state index in [4.69, 9.17) is 10.00 Å². The molecular weight excluding hydrogens is 290 g/mol. The van der Waals surface area contributed by atoms with Gasteiger partial charge in [0, 0.05) is 4.47 Å². The average Bonchev–Trinajstić information content (AvgIpc) is 2.34. The highest BCUT2D eigenvalue weighted by Gasteiger charge is 2.03. The maximum absolute atomic E-state index is 8.87. The van der Waals surface area contributed by atoms with Gasteiger partial charge < -0.3 is 4.74 Å². The number of nitriles is 1. The highest BCUT2D eigenvalue weighted by atomic mass is 79.9. The SMILES string of the molecule is Cc1cc(Oc2ccc(C#N)c(C)c2)ccc1Br. The molecule has 0 unspecified atom stereocenters. The van der Waals surface area contributed by atoms with Crippen LogP contribution in [-0.2, 0) is 0 Å². The number of hydrogen-bond donors (Lipinski definition) is 0. The van der Waals surface area contributed by atoms with E-state index in [1.807, 2.05) is 44.2 Å². The van der Waals surface area contributed by atoms with Crippen LogP contribution in [0.25, 0.3) is 0 Å². The molecule has 0 aromatic heterocycles. The van der Waals surface area contributed by atoms with Crippen molar-refractivity contribution in [2.24, 2.45) is 0 Å². The van der Waals surface area contributed by atoms with Crippen LogP contribution < -0.4 is 4.74 Å². The fourth-order valence-corrected chi connectivity index (χ4v) is 1.89. The van der Waals surface area contributed by atoms with Crippen LogP contribution in [0.15, 0.2) is 40.9 Å². The van der Waals surface area contributed by atoms with Crippen molar-refractivity contribution in [3.8, 4) is 17.6 Å². The second-order valence-corrected chi connectivity index (χ2v) is 4.96. The average molecular weight is 302 g/mol. The van der Waals surface area contributed by atoms with Gasteiger partial charge >= 0.3 is 0 Å². The molecule has 0 aliphatic rings. The van der Waals surface area contributed by atoms with Gasteiger partial charge in [-0.15, -0.1) is 0 Å². The van der Waals surface area contributed by atoms with Gasteiger partial charge in [0.15, 0.2) is 0 Å². The molecule has 0 atom stereocenters. The lowest BCUT2D eigenvalue weighted by atomic mass is 10.1. The van der Waals surface area contributed by atoms with Crippen molar-refractivity contribution >= 4 is 15.9 Å². The molecule has 0 aliphatic carbocycles. The fraction of sp³-hybridized carbons (Fsp3) is 0.133. The standard InChI is InChI=1S/C15H12BrNO/c1-10-7-13(4-3-12(10)9-17)18-14-5-6-15(16)11(2)8-14/h3-8H,1-2H3. The molecule has 0 radical (unpaired) electrons. The summed E-state index contributed by atoms with van der Waals surface area (Å²) in [5.41, 5.74) is 2.72. The van der Waals surface area contributed by atoms with Gasteiger partial charge in [0.2, 0.25) is 0 Å². The summed E-state index contributed by atoms with van der Waals surface area (Å²) in [4.78, 5) is 0. The minimum Gasteiger partial charge on any atom is -0.457 e. The highest BCUT2D eigenvalue weighted by molar-refractivity contribution is 9.10. The lowest BCUT2D eigenvalue weighted by Crippen LogP contribution is -1.88. The molecule has 0 spiro atoms. The van der Waals surface area contributed by atoms with E-state index >= 15 is 0 Å². The molecule has 90 valence electrons. The van der Waals surface area contributed by atoms with E-state index in [2.05, 4.69) is 22.0 Å². The summed E-state index contributed by atoms with van der Waals surface area (Å²) in [7, 11) is 0. The first-order valence-electron chi connectivity index (χ1n) is 5.55. The van der Waals surface area contributed by atoms with Crippen LogP contribution >= 0.6 is 15.9 Å². The predicted molar refractivity (Wildman–Crippen MR) is 74.8 cm³/mol. The third-order valence-electron chi connectivity index (χ3n) is 2.68. The van der Waals surface area contributed by atoms with Crippen molar-refractivity contribution in [2.45, 2.75) is 13.8 Å². The second kappa shape index (κ2) is 5.24. The Kier molecular flexibility index (Phi) is 3.69. The summed E-state index contributed by atoms with van der Waals surface area (Å²) >= 11 is 3.45. The molecule has 2 rings (SSSR count).